The zero-order chi connectivity index (χ0) is 18.4. The van der Waals surface area contributed by atoms with Crippen LogP contribution in [0.3, 0.4) is 0 Å². The molecule has 1 N–H and O–H groups in total. The van der Waals surface area contributed by atoms with Crippen LogP contribution in [0.4, 0.5) is 0 Å². The summed E-state index contributed by atoms with van der Waals surface area (Å²) in [7, 11) is -3.57. The van der Waals surface area contributed by atoms with Gasteiger partial charge in [0.1, 0.15) is 0 Å². The molecule has 0 radical (unpaired) electrons. The average Bonchev–Trinajstić information content (AvgIpc) is 2.67. The van der Waals surface area contributed by atoms with Crippen molar-refractivity contribution in [2.75, 3.05) is 0 Å². The van der Waals surface area contributed by atoms with Crippen LogP contribution in [0.1, 0.15) is 17.2 Å². The van der Waals surface area contributed by atoms with Crippen molar-refractivity contribution >= 4 is 29.4 Å². The third-order valence-electron chi connectivity index (χ3n) is 3.99. The minimum atomic E-state index is -3.57. The molecule has 0 aliphatic carbocycles. The molecule has 3 nitrogen and oxygen atoms in total. The molecule has 3 aromatic rings. The number of hydrogen-bond donors (Lipinski definition) is 1. The normalized spacial score (nSPS) is 12.7. The molecular formula is C21H21NO2SSe. The number of rotatable bonds is 7. The van der Waals surface area contributed by atoms with E-state index in [4.69, 9.17) is 0 Å². The van der Waals surface area contributed by atoms with Gasteiger partial charge in [-0.2, -0.15) is 0 Å². The van der Waals surface area contributed by atoms with Gasteiger partial charge in [0.2, 0.25) is 0 Å². The summed E-state index contributed by atoms with van der Waals surface area (Å²) in [6.45, 7) is 1.94. The van der Waals surface area contributed by atoms with Gasteiger partial charge in [0, 0.05) is 0 Å². The second-order valence-electron chi connectivity index (χ2n) is 6.02. The molecule has 0 bridgehead atoms. The summed E-state index contributed by atoms with van der Waals surface area (Å²) in [6.07, 6.45) is 0. The number of aryl methyl sites for hydroxylation is 1. The number of sulfonamides is 1. The number of nitrogens with one attached hydrogen (secondary N) is 1. The fourth-order valence-electron chi connectivity index (χ4n) is 2.55. The van der Waals surface area contributed by atoms with Crippen LogP contribution in [0.5, 0.6) is 0 Å². The Morgan fingerprint density at radius 3 is 2.04 bits per heavy atom. The van der Waals surface area contributed by atoms with E-state index in [9.17, 15) is 8.42 Å². The first-order valence-corrected chi connectivity index (χ1v) is 11.9. The minimum absolute atomic E-state index is 0.178. The molecule has 1 unspecified atom stereocenters. The molecule has 0 amide bonds. The van der Waals surface area contributed by atoms with E-state index in [1.165, 1.54) is 4.46 Å². The van der Waals surface area contributed by atoms with Gasteiger partial charge in [-0.3, -0.25) is 0 Å². The van der Waals surface area contributed by atoms with E-state index in [1.807, 2.05) is 67.6 Å². The molecule has 26 heavy (non-hydrogen) atoms. The molecule has 0 fully saturated rings. The maximum atomic E-state index is 12.8. The van der Waals surface area contributed by atoms with Gasteiger partial charge in [0.25, 0.3) is 0 Å². The average molecular weight is 430 g/mol. The molecule has 3 rings (SSSR count). The molecule has 0 aliphatic heterocycles. The fraction of sp³-hybridized carbons (Fsp3) is 0.143. The first-order valence-electron chi connectivity index (χ1n) is 8.36. The first kappa shape index (κ1) is 18.9. The summed E-state index contributed by atoms with van der Waals surface area (Å²) in [5.41, 5.74) is 2.02. The second kappa shape index (κ2) is 8.65. The summed E-state index contributed by atoms with van der Waals surface area (Å²) in [6, 6.07) is 26.7. The Balaban J connectivity index is 1.82. The van der Waals surface area contributed by atoms with Crippen LogP contribution in [0, 0.1) is 6.92 Å². The molecule has 0 saturated heterocycles. The third-order valence-corrected chi connectivity index (χ3v) is 7.80. The van der Waals surface area contributed by atoms with Gasteiger partial charge in [-0.1, -0.05) is 0 Å². The summed E-state index contributed by atoms with van der Waals surface area (Å²) in [4.78, 5) is 0.302. The molecule has 134 valence electrons. The van der Waals surface area contributed by atoms with Crippen molar-refractivity contribution in [3.63, 3.8) is 0 Å². The van der Waals surface area contributed by atoms with E-state index in [-0.39, 0.29) is 21.0 Å². The Morgan fingerprint density at radius 1 is 0.846 bits per heavy atom. The van der Waals surface area contributed by atoms with Crippen molar-refractivity contribution in [1.29, 1.82) is 0 Å². The Hall–Kier alpha value is -1.91. The Morgan fingerprint density at radius 2 is 1.42 bits per heavy atom. The summed E-state index contributed by atoms with van der Waals surface area (Å²) in [5.74, 6) is 0. The zero-order valence-electron chi connectivity index (χ0n) is 14.5. The van der Waals surface area contributed by atoms with Gasteiger partial charge in [0.15, 0.2) is 0 Å². The van der Waals surface area contributed by atoms with Crippen molar-refractivity contribution in [1.82, 2.24) is 4.72 Å². The molecule has 0 saturated carbocycles. The van der Waals surface area contributed by atoms with E-state index in [0.29, 0.717) is 4.90 Å². The summed E-state index contributed by atoms with van der Waals surface area (Å²) in [5, 5.41) is 0.756. The van der Waals surface area contributed by atoms with Crippen molar-refractivity contribution in [3.8, 4) is 0 Å². The summed E-state index contributed by atoms with van der Waals surface area (Å²) >= 11 is 0.178. The Bertz CT molecular complexity index is 927. The van der Waals surface area contributed by atoms with Crippen molar-refractivity contribution in [2.45, 2.75) is 23.2 Å². The van der Waals surface area contributed by atoms with Crippen LogP contribution in [0.2, 0.25) is 5.32 Å². The van der Waals surface area contributed by atoms with Crippen LogP contribution in [0.15, 0.2) is 89.8 Å². The first-order chi connectivity index (χ1) is 12.5. The predicted octanol–water partition coefficient (Wildman–Crippen LogP) is 3.46. The molecule has 5 heteroatoms. The van der Waals surface area contributed by atoms with E-state index >= 15 is 0 Å². The van der Waals surface area contributed by atoms with Gasteiger partial charge in [-0.25, -0.2) is 0 Å². The third kappa shape index (κ3) is 5.05. The van der Waals surface area contributed by atoms with Gasteiger partial charge < -0.3 is 0 Å². The zero-order valence-corrected chi connectivity index (χ0v) is 17.0. The Labute approximate surface area is 161 Å². The van der Waals surface area contributed by atoms with E-state index in [2.05, 4.69) is 16.9 Å². The fourth-order valence-corrected chi connectivity index (χ4v) is 6.08. The SMILES string of the molecule is Cc1ccc(S(=O)(=O)NC(C[Se]c2ccccc2)c2ccccc2)cc1. The predicted molar refractivity (Wildman–Crippen MR) is 107 cm³/mol. The van der Waals surface area contributed by atoms with Crippen LogP contribution in [-0.2, 0) is 10.0 Å². The van der Waals surface area contributed by atoms with Crippen LogP contribution >= 0.6 is 0 Å². The molecule has 3 aromatic carbocycles. The number of hydrogen-bond acceptors (Lipinski definition) is 2. The molecule has 0 aromatic heterocycles. The van der Waals surface area contributed by atoms with E-state index < -0.39 is 10.0 Å². The number of benzene rings is 3. The van der Waals surface area contributed by atoms with Crippen LogP contribution < -0.4 is 9.18 Å². The standard InChI is InChI=1S/C21H21NO2SSe/c1-17-12-14-19(15-13-17)25(23,24)22-21(18-8-4-2-5-9-18)16-26-20-10-6-3-7-11-20/h2-15,21-22H,16H2,1H3. The second-order valence-corrected chi connectivity index (χ2v) is 10.0. The van der Waals surface area contributed by atoms with Gasteiger partial charge in [0.05, 0.1) is 0 Å². The molecular weight excluding hydrogens is 409 g/mol. The van der Waals surface area contributed by atoms with Crippen LogP contribution in [-0.4, -0.2) is 23.4 Å². The summed E-state index contributed by atoms with van der Waals surface area (Å²) < 4.78 is 29.8. The van der Waals surface area contributed by atoms with E-state index in [0.717, 1.165) is 16.4 Å². The Kier molecular flexibility index (Phi) is 6.28. The van der Waals surface area contributed by atoms with Crippen LogP contribution in [0.25, 0.3) is 0 Å². The molecule has 0 heterocycles. The van der Waals surface area contributed by atoms with Gasteiger partial charge in [-0.05, 0) is 0 Å². The topological polar surface area (TPSA) is 46.2 Å². The quantitative estimate of drug-likeness (QED) is 0.584. The van der Waals surface area contributed by atoms with Gasteiger partial charge >= 0.3 is 162 Å². The monoisotopic (exact) mass is 431 g/mol. The van der Waals surface area contributed by atoms with Crippen molar-refractivity contribution in [3.05, 3.63) is 96.1 Å². The van der Waals surface area contributed by atoms with E-state index in [1.54, 1.807) is 12.1 Å². The molecule has 0 aliphatic rings. The molecule has 0 spiro atoms. The maximum absolute atomic E-state index is 12.8. The molecule has 1 atom stereocenters. The van der Waals surface area contributed by atoms with Gasteiger partial charge in [-0.15, -0.1) is 0 Å². The van der Waals surface area contributed by atoms with Crippen molar-refractivity contribution < 1.29 is 8.42 Å². The van der Waals surface area contributed by atoms with Crippen molar-refractivity contribution in [2.24, 2.45) is 0 Å².